The molecule has 21 heavy (non-hydrogen) atoms. The summed E-state index contributed by atoms with van der Waals surface area (Å²) in [6.45, 7) is 1.03. The highest BCUT2D eigenvalue weighted by Crippen LogP contribution is 2.22. The molecular formula is C16H16BrFN2O. The lowest BCUT2D eigenvalue weighted by atomic mass is 10.3. The van der Waals surface area contributed by atoms with Gasteiger partial charge in [0.2, 0.25) is 0 Å². The number of benzene rings is 1. The average Bonchev–Trinajstić information content (AvgIpc) is 3.29. The van der Waals surface area contributed by atoms with E-state index in [-0.39, 0.29) is 18.2 Å². The van der Waals surface area contributed by atoms with Crippen molar-refractivity contribution in [1.29, 1.82) is 0 Å². The Hall–Kier alpha value is -1.46. The molecule has 1 saturated carbocycles. The second-order valence-electron chi connectivity index (χ2n) is 5.14. The van der Waals surface area contributed by atoms with Crippen LogP contribution in [0.25, 0.3) is 0 Å². The number of hydrogen-bond donors (Lipinski definition) is 1. The Morgan fingerprint density at radius 2 is 2.05 bits per heavy atom. The third-order valence-corrected chi connectivity index (χ3v) is 3.78. The van der Waals surface area contributed by atoms with Crippen molar-refractivity contribution < 1.29 is 9.13 Å². The molecular weight excluding hydrogens is 335 g/mol. The molecule has 1 aromatic heterocycles. The maximum Gasteiger partial charge on any atom is 0.166 e. The lowest BCUT2D eigenvalue weighted by molar-refractivity contribution is 0.285. The third kappa shape index (κ3) is 4.25. The Kier molecular flexibility index (Phi) is 4.51. The van der Waals surface area contributed by atoms with Crippen LogP contribution in [-0.4, -0.2) is 11.0 Å². The number of nitrogens with one attached hydrogen (secondary N) is 1. The van der Waals surface area contributed by atoms with Crippen LogP contribution in [0.1, 0.15) is 24.2 Å². The molecule has 0 aliphatic heterocycles. The van der Waals surface area contributed by atoms with Crippen LogP contribution in [0.3, 0.4) is 0 Å². The molecule has 1 aliphatic rings. The van der Waals surface area contributed by atoms with Crippen LogP contribution in [0.5, 0.6) is 5.75 Å². The second kappa shape index (κ2) is 6.54. The Morgan fingerprint density at radius 1 is 1.24 bits per heavy atom. The third-order valence-electron chi connectivity index (χ3n) is 3.28. The molecule has 1 fully saturated rings. The van der Waals surface area contributed by atoms with Crippen molar-refractivity contribution in [3.63, 3.8) is 0 Å². The van der Waals surface area contributed by atoms with Gasteiger partial charge in [-0.3, -0.25) is 4.98 Å². The first-order valence-electron chi connectivity index (χ1n) is 6.97. The Bertz CT molecular complexity index is 631. The molecule has 0 unspecified atom stereocenters. The zero-order valence-corrected chi connectivity index (χ0v) is 13.1. The summed E-state index contributed by atoms with van der Waals surface area (Å²) in [5.41, 5.74) is 1.78. The summed E-state index contributed by atoms with van der Waals surface area (Å²) in [4.78, 5) is 4.52. The predicted octanol–water partition coefficient (Wildman–Crippen LogP) is 3.81. The minimum absolute atomic E-state index is 0.238. The van der Waals surface area contributed by atoms with E-state index >= 15 is 0 Å². The molecule has 1 heterocycles. The molecule has 2 aromatic rings. The van der Waals surface area contributed by atoms with Gasteiger partial charge in [0.15, 0.2) is 11.6 Å². The molecule has 1 aromatic carbocycles. The van der Waals surface area contributed by atoms with Gasteiger partial charge in [0, 0.05) is 17.1 Å². The van der Waals surface area contributed by atoms with Gasteiger partial charge in [0.05, 0.1) is 11.4 Å². The van der Waals surface area contributed by atoms with E-state index in [2.05, 4.69) is 26.2 Å². The first-order chi connectivity index (χ1) is 10.2. The fourth-order valence-corrected chi connectivity index (χ4v) is 2.32. The fraction of sp³-hybridized carbons (Fsp3) is 0.312. The highest BCUT2D eigenvalue weighted by molar-refractivity contribution is 9.10. The van der Waals surface area contributed by atoms with Gasteiger partial charge >= 0.3 is 0 Å². The quantitative estimate of drug-likeness (QED) is 0.859. The van der Waals surface area contributed by atoms with Crippen molar-refractivity contribution in [1.82, 2.24) is 10.3 Å². The van der Waals surface area contributed by atoms with Crippen LogP contribution in [0.2, 0.25) is 0 Å². The number of rotatable bonds is 6. The molecule has 5 heteroatoms. The number of pyridine rings is 1. The van der Waals surface area contributed by atoms with E-state index in [9.17, 15) is 4.39 Å². The maximum atomic E-state index is 13.7. The molecule has 0 saturated heterocycles. The van der Waals surface area contributed by atoms with Gasteiger partial charge in [-0.05, 0) is 43.2 Å². The first kappa shape index (κ1) is 14.5. The topological polar surface area (TPSA) is 34.1 Å². The average molecular weight is 351 g/mol. The SMILES string of the molecule is Fc1cc(Br)ccc1OCc1cccc(CNC2CC2)n1. The monoisotopic (exact) mass is 350 g/mol. The van der Waals surface area contributed by atoms with Crippen LogP contribution in [-0.2, 0) is 13.2 Å². The first-order valence-corrected chi connectivity index (χ1v) is 7.76. The summed E-state index contributed by atoms with van der Waals surface area (Å²) < 4.78 is 19.8. The molecule has 0 atom stereocenters. The molecule has 3 rings (SSSR count). The summed E-state index contributed by atoms with van der Waals surface area (Å²) in [5.74, 6) is -0.141. The summed E-state index contributed by atoms with van der Waals surface area (Å²) >= 11 is 3.22. The Morgan fingerprint density at radius 3 is 2.81 bits per heavy atom. The van der Waals surface area contributed by atoms with E-state index in [4.69, 9.17) is 4.74 Å². The van der Waals surface area contributed by atoms with Crippen molar-refractivity contribution in [2.75, 3.05) is 0 Å². The van der Waals surface area contributed by atoms with Crippen LogP contribution in [0.15, 0.2) is 40.9 Å². The summed E-state index contributed by atoms with van der Waals surface area (Å²) in [7, 11) is 0. The minimum Gasteiger partial charge on any atom is -0.484 e. The van der Waals surface area contributed by atoms with E-state index in [0.29, 0.717) is 10.5 Å². The van der Waals surface area contributed by atoms with Crippen molar-refractivity contribution >= 4 is 15.9 Å². The van der Waals surface area contributed by atoms with Crippen LogP contribution >= 0.6 is 15.9 Å². The zero-order valence-electron chi connectivity index (χ0n) is 11.5. The van der Waals surface area contributed by atoms with E-state index in [0.717, 1.165) is 17.9 Å². The van der Waals surface area contributed by atoms with Crippen LogP contribution in [0, 0.1) is 5.82 Å². The van der Waals surface area contributed by atoms with Gasteiger partial charge in [0.25, 0.3) is 0 Å². The molecule has 110 valence electrons. The van der Waals surface area contributed by atoms with Gasteiger partial charge in [-0.2, -0.15) is 0 Å². The molecule has 0 amide bonds. The van der Waals surface area contributed by atoms with Crippen LogP contribution < -0.4 is 10.1 Å². The van der Waals surface area contributed by atoms with Crippen molar-refractivity contribution in [3.05, 3.63) is 58.1 Å². The highest BCUT2D eigenvalue weighted by atomic mass is 79.9. The van der Waals surface area contributed by atoms with Gasteiger partial charge in [-0.25, -0.2) is 4.39 Å². The predicted molar refractivity (Wildman–Crippen MR) is 82.5 cm³/mol. The molecule has 0 spiro atoms. The lowest BCUT2D eigenvalue weighted by Crippen LogP contribution is -2.16. The number of hydrogen-bond acceptors (Lipinski definition) is 3. The standard InChI is InChI=1S/C16H16BrFN2O/c17-11-4-7-16(15(18)8-11)21-10-14-3-1-2-13(20-14)9-19-12-5-6-12/h1-4,7-8,12,19H,5-6,9-10H2. The number of nitrogens with zero attached hydrogens (tertiary/aromatic N) is 1. The normalized spacial score (nSPS) is 14.2. The lowest BCUT2D eigenvalue weighted by Gasteiger charge is -2.08. The highest BCUT2D eigenvalue weighted by Gasteiger charge is 2.20. The van der Waals surface area contributed by atoms with Crippen molar-refractivity contribution in [2.24, 2.45) is 0 Å². The number of halogens is 2. The van der Waals surface area contributed by atoms with E-state index < -0.39 is 0 Å². The minimum atomic E-state index is -0.379. The van der Waals surface area contributed by atoms with Crippen LogP contribution in [0.4, 0.5) is 4.39 Å². The van der Waals surface area contributed by atoms with E-state index in [1.54, 1.807) is 12.1 Å². The van der Waals surface area contributed by atoms with Crippen molar-refractivity contribution in [2.45, 2.75) is 32.0 Å². The van der Waals surface area contributed by atoms with E-state index in [1.165, 1.54) is 18.9 Å². The van der Waals surface area contributed by atoms with Gasteiger partial charge < -0.3 is 10.1 Å². The van der Waals surface area contributed by atoms with Gasteiger partial charge in [-0.15, -0.1) is 0 Å². The van der Waals surface area contributed by atoms with E-state index in [1.807, 2.05) is 18.2 Å². The Balaban J connectivity index is 1.60. The summed E-state index contributed by atoms with van der Waals surface area (Å²) in [6, 6.07) is 11.2. The molecule has 1 aliphatic carbocycles. The summed E-state index contributed by atoms with van der Waals surface area (Å²) in [5, 5.41) is 3.42. The van der Waals surface area contributed by atoms with Crippen molar-refractivity contribution in [3.8, 4) is 5.75 Å². The number of aromatic nitrogens is 1. The summed E-state index contributed by atoms with van der Waals surface area (Å²) in [6.07, 6.45) is 2.51. The van der Waals surface area contributed by atoms with Gasteiger partial charge in [-0.1, -0.05) is 22.0 Å². The molecule has 0 radical (unpaired) electrons. The molecule has 0 bridgehead atoms. The van der Waals surface area contributed by atoms with Gasteiger partial charge in [0.1, 0.15) is 6.61 Å². The Labute approximate surface area is 131 Å². The largest absolute Gasteiger partial charge is 0.484 e. The zero-order chi connectivity index (χ0) is 14.7. The number of ether oxygens (including phenoxy) is 1. The molecule has 3 nitrogen and oxygen atoms in total. The maximum absolute atomic E-state index is 13.7. The second-order valence-corrected chi connectivity index (χ2v) is 6.05. The smallest absolute Gasteiger partial charge is 0.166 e. The fourth-order valence-electron chi connectivity index (χ4n) is 1.99. The molecule has 1 N–H and O–H groups in total.